The van der Waals surface area contributed by atoms with Gasteiger partial charge in [0.25, 0.3) is 0 Å². The molecule has 1 aliphatic rings. The quantitative estimate of drug-likeness (QED) is 0.501. The molecular formula is C18H30INO3. The molecule has 0 radical (unpaired) electrons. The average Bonchev–Trinajstić information content (AvgIpc) is 2.39. The summed E-state index contributed by atoms with van der Waals surface area (Å²) in [6, 6.07) is -0.00424. The first-order chi connectivity index (χ1) is 10.6. The summed E-state index contributed by atoms with van der Waals surface area (Å²) in [5, 5.41) is 2.95. The summed E-state index contributed by atoms with van der Waals surface area (Å²) in [6.45, 7) is 11.9. The van der Waals surface area contributed by atoms with Crippen LogP contribution in [-0.2, 0) is 9.47 Å². The largest absolute Gasteiger partial charge is 0.444 e. The van der Waals surface area contributed by atoms with Gasteiger partial charge in [0.15, 0.2) is 0 Å². The first-order valence-electron chi connectivity index (χ1n) is 8.21. The SMILES string of the molecule is CC(/C=C/I)=C\C[C@@H]1O[C@H](C)[C@H](NC(=O)OC(C)(C)C)C[C@@H]1C. The summed E-state index contributed by atoms with van der Waals surface area (Å²) < 4.78 is 13.5. The zero-order valence-electron chi connectivity index (χ0n) is 15.1. The molecule has 0 saturated carbocycles. The van der Waals surface area contributed by atoms with Crippen LogP contribution in [0.4, 0.5) is 4.79 Å². The van der Waals surface area contributed by atoms with Gasteiger partial charge in [-0.3, -0.25) is 0 Å². The number of carbonyl (C=O) groups is 1. The Morgan fingerprint density at radius 1 is 1.39 bits per heavy atom. The van der Waals surface area contributed by atoms with Crippen molar-refractivity contribution in [3.8, 4) is 0 Å². The number of nitrogens with one attached hydrogen (secondary N) is 1. The zero-order valence-corrected chi connectivity index (χ0v) is 17.2. The lowest BCUT2D eigenvalue weighted by molar-refractivity contribution is -0.0862. The van der Waals surface area contributed by atoms with Crippen molar-refractivity contribution in [1.82, 2.24) is 5.32 Å². The van der Waals surface area contributed by atoms with Gasteiger partial charge in [-0.25, -0.2) is 4.79 Å². The molecule has 5 heteroatoms. The molecule has 1 heterocycles. The molecule has 4 nitrogen and oxygen atoms in total. The Morgan fingerprint density at radius 3 is 2.61 bits per heavy atom. The summed E-state index contributed by atoms with van der Waals surface area (Å²) in [5.41, 5.74) is 0.766. The summed E-state index contributed by atoms with van der Waals surface area (Å²) in [4.78, 5) is 11.9. The molecule has 0 unspecified atom stereocenters. The van der Waals surface area contributed by atoms with Crippen LogP contribution in [-0.4, -0.2) is 29.9 Å². The zero-order chi connectivity index (χ0) is 17.6. The van der Waals surface area contributed by atoms with Gasteiger partial charge >= 0.3 is 6.09 Å². The lowest BCUT2D eigenvalue weighted by atomic mass is 9.88. The molecule has 0 spiro atoms. The minimum absolute atomic E-state index is 0.00424. The van der Waals surface area contributed by atoms with E-state index in [0.717, 1.165) is 12.8 Å². The second kappa shape index (κ2) is 9.06. The number of allylic oxidation sites excluding steroid dienone is 2. The fraction of sp³-hybridized carbons (Fsp3) is 0.722. The van der Waals surface area contributed by atoms with Crippen molar-refractivity contribution in [2.24, 2.45) is 5.92 Å². The Labute approximate surface area is 154 Å². The number of carbonyl (C=O) groups excluding carboxylic acids is 1. The molecule has 1 amide bonds. The van der Waals surface area contributed by atoms with Crippen molar-refractivity contribution in [3.05, 3.63) is 21.8 Å². The van der Waals surface area contributed by atoms with E-state index in [-0.39, 0.29) is 24.3 Å². The molecular weight excluding hydrogens is 405 g/mol. The van der Waals surface area contributed by atoms with E-state index in [1.807, 2.05) is 31.8 Å². The molecule has 4 atom stereocenters. The first-order valence-corrected chi connectivity index (χ1v) is 9.45. The van der Waals surface area contributed by atoms with Crippen molar-refractivity contribution in [2.75, 3.05) is 0 Å². The number of amides is 1. The Morgan fingerprint density at radius 2 is 2.04 bits per heavy atom. The van der Waals surface area contributed by atoms with Crippen LogP contribution in [0.2, 0.25) is 0 Å². The van der Waals surface area contributed by atoms with Gasteiger partial charge in [0.2, 0.25) is 0 Å². The second-order valence-corrected chi connectivity index (χ2v) is 8.04. The molecule has 1 rings (SSSR count). The van der Waals surface area contributed by atoms with E-state index in [9.17, 15) is 4.79 Å². The number of alkyl carbamates (subject to hydrolysis) is 1. The number of ether oxygens (including phenoxy) is 2. The number of rotatable bonds is 4. The smallest absolute Gasteiger partial charge is 0.407 e. The van der Waals surface area contributed by atoms with Crippen LogP contribution < -0.4 is 5.32 Å². The van der Waals surface area contributed by atoms with Crippen LogP contribution in [0, 0.1) is 5.92 Å². The maximum Gasteiger partial charge on any atom is 0.407 e. The third-order valence-corrected chi connectivity index (χ3v) is 4.28. The molecule has 132 valence electrons. The van der Waals surface area contributed by atoms with Gasteiger partial charge in [0.1, 0.15) is 5.60 Å². The van der Waals surface area contributed by atoms with Crippen LogP contribution in [0.1, 0.15) is 54.4 Å². The van der Waals surface area contributed by atoms with Crippen molar-refractivity contribution in [3.63, 3.8) is 0 Å². The third-order valence-electron chi connectivity index (χ3n) is 3.92. The van der Waals surface area contributed by atoms with Gasteiger partial charge in [-0.05, 0) is 57.5 Å². The molecule has 23 heavy (non-hydrogen) atoms. The van der Waals surface area contributed by atoms with Crippen LogP contribution in [0.15, 0.2) is 21.8 Å². The molecule has 1 fully saturated rings. The Balaban J connectivity index is 2.56. The number of halogens is 1. The fourth-order valence-corrected chi connectivity index (χ4v) is 3.21. The van der Waals surface area contributed by atoms with E-state index in [0.29, 0.717) is 5.92 Å². The molecule has 0 bridgehead atoms. The van der Waals surface area contributed by atoms with Crippen LogP contribution in [0.25, 0.3) is 0 Å². The lowest BCUT2D eigenvalue weighted by Crippen LogP contribution is -2.51. The molecule has 0 aromatic rings. The molecule has 1 saturated heterocycles. The van der Waals surface area contributed by atoms with Gasteiger partial charge in [0, 0.05) is 0 Å². The molecule has 0 aromatic heterocycles. The maximum absolute atomic E-state index is 11.9. The topological polar surface area (TPSA) is 47.6 Å². The van der Waals surface area contributed by atoms with E-state index in [1.54, 1.807) is 0 Å². The van der Waals surface area contributed by atoms with Gasteiger partial charge in [-0.1, -0.05) is 47.2 Å². The summed E-state index contributed by atoms with van der Waals surface area (Å²) in [5.74, 6) is 0.388. The van der Waals surface area contributed by atoms with E-state index in [1.165, 1.54) is 5.57 Å². The lowest BCUT2D eigenvalue weighted by Gasteiger charge is -2.39. The standard InChI is InChI=1S/C18H30INO3/c1-12(9-10-19)7-8-16-13(2)11-15(14(3)22-16)20-17(21)23-18(4,5)6/h7,9-10,13-16H,8,11H2,1-6H3,(H,20,21)/b10-9+,12-7+/t13-,14+,15+,16-/m0/s1. The molecule has 0 aliphatic carbocycles. The predicted octanol–water partition coefficient (Wildman–Crippen LogP) is 4.98. The maximum atomic E-state index is 11.9. The van der Waals surface area contributed by atoms with Gasteiger partial charge < -0.3 is 14.8 Å². The summed E-state index contributed by atoms with van der Waals surface area (Å²) >= 11 is 2.22. The number of hydrogen-bond donors (Lipinski definition) is 1. The number of hydrogen-bond acceptors (Lipinski definition) is 3. The normalized spacial score (nSPS) is 29.6. The van der Waals surface area contributed by atoms with Crippen molar-refractivity contribution < 1.29 is 14.3 Å². The minimum atomic E-state index is -0.481. The average molecular weight is 435 g/mol. The van der Waals surface area contributed by atoms with Crippen molar-refractivity contribution in [2.45, 2.75) is 78.2 Å². The monoisotopic (exact) mass is 435 g/mol. The highest BCUT2D eigenvalue weighted by Gasteiger charge is 2.34. The highest BCUT2D eigenvalue weighted by atomic mass is 127. The van der Waals surface area contributed by atoms with E-state index in [2.05, 4.69) is 53.9 Å². The van der Waals surface area contributed by atoms with E-state index in [4.69, 9.17) is 9.47 Å². The second-order valence-electron chi connectivity index (χ2n) is 7.32. The Bertz CT molecular complexity index is 454. The summed E-state index contributed by atoms with van der Waals surface area (Å²) in [7, 11) is 0. The van der Waals surface area contributed by atoms with Crippen LogP contribution in [0.3, 0.4) is 0 Å². The highest BCUT2D eigenvalue weighted by molar-refractivity contribution is 14.1. The van der Waals surface area contributed by atoms with Crippen molar-refractivity contribution in [1.29, 1.82) is 0 Å². The van der Waals surface area contributed by atoms with Crippen LogP contribution in [0.5, 0.6) is 0 Å². The molecule has 1 aliphatic heterocycles. The Kier molecular flexibility index (Phi) is 8.07. The van der Waals surface area contributed by atoms with Gasteiger partial charge in [-0.2, -0.15) is 0 Å². The third kappa shape index (κ3) is 7.70. The molecule has 0 aromatic carbocycles. The summed E-state index contributed by atoms with van der Waals surface area (Å²) in [6.07, 6.45) is 5.91. The fourth-order valence-electron chi connectivity index (χ4n) is 2.64. The van der Waals surface area contributed by atoms with Crippen LogP contribution >= 0.6 is 22.6 Å². The first kappa shape index (κ1) is 20.5. The molecule has 1 N–H and O–H groups in total. The highest BCUT2D eigenvalue weighted by Crippen LogP contribution is 2.28. The van der Waals surface area contributed by atoms with Gasteiger partial charge in [0.05, 0.1) is 18.2 Å². The Hall–Kier alpha value is -0.560. The minimum Gasteiger partial charge on any atom is -0.444 e. The van der Waals surface area contributed by atoms with Crippen molar-refractivity contribution >= 4 is 28.7 Å². The predicted molar refractivity (Wildman–Crippen MR) is 103 cm³/mol. The van der Waals surface area contributed by atoms with E-state index < -0.39 is 5.60 Å². The van der Waals surface area contributed by atoms with Gasteiger partial charge in [-0.15, -0.1) is 0 Å². The van der Waals surface area contributed by atoms with E-state index >= 15 is 0 Å².